The molecule has 0 saturated heterocycles. The van der Waals surface area contributed by atoms with Crippen molar-refractivity contribution in [1.82, 2.24) is 0 Å². The lowest BCUT2D eigenvalue weighted by Gasteiger charge is -2.20. The molecular weight excluding hydrogens is 200 g/mol. The number of rotatable bonds is 1. The van der Waals surface area contributed by atoms with Crippen LogP contribution in [0.1, 0.15) is 38.0 Å². The molecule has 0 amide bonds. The van der Waals surface area contributed by atoms with Crippen LogP contribution in [0.25, 0.3) is 6.08 Å². The summed E-state index contributed by atoms with van der Waals surface area (Å²) < 4.78 is 5.48. The predicted molar refractivity (Wildman–Crippen MR) is 63.8 cm³/mol. The van der Waals surface area contributed by atoms with Gasteiger partial charge in [-0.25, -0.2) is 0 Å². The molecule has 1 aromatic carbocycles. The third-order valence-electron chi connectivity index (χ3n) is 2.60. The van der Waals surface area contributed by atoms with Crippen LogP contribution < -0.4 is 0 Å². The fourth-order valence-corrected chi connectivity index (χ4v) is 1.61. The Balaban J connectivity index is 2.16. The molecule has 84 valence electrons. The lowest BCUT2D eigenvalue weighted by molar-refractivity contribution is -0.156. The molecule has 2 heteroatoms. The molecule has 1 atom stereocenters. The van der Waals surface area contributed by atoms with Crippen LogP contribution in [0.4, 0.5) is 0 Å². The highest BCUT2D eigenvalue weighted by Gasteiger charge is 2.28. The van der Waals surface area contributed by atoms with E-state index in [1.54, 1.807) is 0 Å². The first-order valence-corrected chi connectivity index (χ1v) is 5.47. The number of benzene rings is 1. The van der Waals surface area contributed by atoms with Crippen molar-refractivity contribution in [3.05, 3.63) is 41.5 Å². The summed E-state index contributed by atoms with van der Waals surface area (Å²) in [5.41, 5.74) is 1.75. The van der Waals surface area contributed by atoms with E-state index < -0.39 is 5.41 Å². The molecule has 1 aromatic rings. The third-order valence-corrected chi connectivity index (χ3v) is 2.60. The van der Waals surface area contributed by atoms with Gasteiger partial charge in [-0.15, -0.1) is 0 Å². The molecule has 2 rings (SSSR count). The molecule has 0 fully saturated rings. The molecule has 0 radical (unpaired) electrons. The summed E-state index contributed by atoms with van der Waals surface area (Å²) in [6.45, 7) is 5.58. The van der Waals surface area contributed by atoms with Crippen LogP contribution in [0.2, 0.25) is 0 Å². The molecule has 1 aliphatic rings. The second-order valence-corrected chi connectivity index (χ2v) is 5.06. The average molecular weight is 216 g/mol. The van der Waals surface area contributed by atoms with Gasteiger partial charge in [0.15, 0.2) is 0 Å². The van der Waals surface area contributed by atoms with Gasteiger partial charge in [-0.1, -0.05) is 30.3 Å². The molecule has 0 heterocycles. The first kappa shape index (κ1) is 10.9. The Morgan fingerprint density at radius 3 is 2.62 bits per heavy atom. The summed E-state index contributed by atoms with van der Waals surface area (Å²) in [7, 11) is 0. The highest BCUT2D eigenvalue weighted by Crippen LogP contribution is 2.32. The number of esters is 1. The van der Waals surface area contributed by atoms with Crippen molar-refractivity contribution in [3.63, 3.8) is 0 Å². The largest absolute Gasteiger partial charge is 0.453 e. The van der Waals surface area contributed by atoms with Crippen LogP contribution in [0, 0.1) is 5.41 Å². The van der Waals surface area contributed by atoms with Crippen molar-refractivity contribution in [2.75, 3.05) is 0 Å². The van der Waals surface area contributed by atoms with E-state index in [-0.39, 0.29) is 12.1 Å². The number of carbonyl (C=O) groups excluding carboxylic acids is 1. The van der Waals surface area contributed by atoms with Gasteiger partial charge in [0, 0.05) is 5.56 Å². The summed E-state index contributed by atoms with van der Waals surface area (Å²) in [4.78, 5) is 11.8. The molecule has 0 unspecified atom stereocenters. The Hall–Kier alpha value is -1.57. The number of carbonyl (C=O) groups is 1. The Morgan fingerprint density at radius 1 is 1.25 bits per heavy atom. The molecule has 2 nitrogen and oxygen atoms in total. The summed E-state index contributed by atoms with van der Waals surface area (Å²) in [6, 6.07) is 7.97. The minimum Gasteiger partial charge on any atom is -0.453 e. The van der Waals surface area contributed by atoms with Crippen LogP contribution in [0.15, 0.2) is 30.3 Å². The van der Waals surface area contributed by atoms with E-state index in [0.29, 0.717) is 0 Å². The number of hydrogen-bond acceptors (Lipinski definition) is 2. The smallest absolute Gasteiger partial charge is 0.312 e. The second-order valence-electron chi connectivity index (χ2n) is 5.06. The van der Waals surface area contributed by atoms with E-state index in [1.807, 2.05) is 57.2 Å². The standard InChI is InChI=1S/C14H16O2/c1-14(2,3)13(15)16-12-9-8-10-6-4-5-7-11(10)12/h4-9,12H,1-3H3/t12-/m1/s1. The SMILES string of the molecule is CC(C)(C)C(=O)O[C@@H]1C=Cc2ccccc21. The maximum atomic E-state index is 11.8. The van der Waals surface area contributed by atoms with Gasteiger partial charge in [-0.05, 0) is 32.4 Å². The lowest BCUT2D eigenvalue weighted by atomic mass is 9.97. The van der Waals surface area contributed by atoms with Gasteiger partial charge in [0.2, 0.25) is 0 Å². The van der Waals surface area contributed by atoms with E-state index in [1.165, 1.54) is 0 Å². The molecule has 0 N–H and O–H groups in total. The van der Waals surface area contributed by atoms with Crippen LogP contribution in [-0.2, 0) is 9.53 Å². The topological polar surface area (TPSA) is 26.3 Å². The fraction of sp³-hybridized carbons (Fsp3) is 0.357. The Bertz CT molecular complexity index is 438. The third kappa shape index (κ3) is 2.01. The molecule has 1 aliphatic carbocycles. The molecule has 16 heavy (non-hydrogen) atoms. The van der Waals surface area contributed by atoms with Crippen LogP contribution >= 0.6 is 0 Å². The van der Waals surface area contributed by atoms with E-state index in [9.17, 15) is 4.79 Å². The second kappa shape index (κ2) is 3.78. The van der Waals surface area contributed by atoms with E-state index >= 15 is 0 Å². The quantitative estimate of drug-likeness (QED) is 0.673. The summed E-state index contributed by atoms with van der Waals surface area (Å²) >= 11 is 0. The molecule has 0 saturated carbocycles. The van der Waals surface area contributed by atoms with Gasteiger partial charge in [0.05, 0.1) is 5.41 Å². The van der Waals surface area contributed by atoms with Crippen molar-refractivity contribution in [1.29, 1.82) is 0 Å². The normalized spacial score (nSPS) is 18.3. The summed E-state index contributed by atoms with van der Waals surface area (Å²) in [5.74, 6) is -0.168. The Morgan fingerprint density at radius 2 is 1.94 bits per heavy atom. The Kier molecular flexibility index (Phi) is 2.58. The first-order chi connectivity index (χ1) is 7.48. The van der Waals surface area contributed by atoms with Crippen LogP contribution in [-0.4, -0.2) is 5.97 Å². The predicted octanol–water partition coefficient (Wildman–Crippen LogP) is 3.34. The van der Waals surface area contributed by atoms with Gasteiger partial charge >= 0.3 is 5.97 Å². The maximum Gasteiger partial charge on any atom is 0.312 e. The van der Waals surface area contributed by atoms with Crippen LogP contribution in [0.5, 0.6) is 0 Å². The van der Waals surface area contributed by atoms with Crippen molar-refractivity contribution < 1.29 is 9.53 Å². The molecular formula is C14H16O2. The number of fused-ring (bicyclic) bond motifs is 1. The number of hydrogen-bond donors (Lipinski definition) is 0. The van der Waals surface area contributed by atoms with Gasteiger partial charge in [0.25, 0.3) is 0 Å². The fourth-order valence-electron chi connectivity index (χ4n) is 1.61. The highest BCUT2D eigenvalue weighted by molar-refractivity contribution is 5.76. The van der Waals surface area contributed by atoms with E-state index in [4.69, 9.17) is 4.74 Å². The first-order valence-electron chi connectivity index (χ1n) is 5.47. The maximum absolute atomic E-state index is 11.8. The van der Waals surface area contributed by atoms with Crippen molar-refractivity contribution >= 4 is 12.0 Å². The zero-order valence-electron chi connectivity index (χ0n) is 9.86. The van der Waals surface area contributed by atoms with Crippen LogP contribution in [0.3, 0.4) is 0 Å². The number of ether oxygens (including phenoxy) is 1. The molecule has 0 bridgehead atoms. The summed E-state index contributed by atoms with van der Waals surface area (Å²) in [6.07, 6.45) is 3.70. The van der Waals surface area contributed by atoms with Gasteiger partial charge in [-0.2, -0.15) is 0 Å². The highest BCUT2D eigenvalue weighted by atomic mass is 16.5. The summed E-state index contributed by atoms with van der Waals surface area (Å²) in [5, 5.41) is 0. The zero-order chi connectivity index (χ0) is 11.8. The molecule has 0 aliphatic heterocycles. The van der Waals surface area contributed by atoms with Crippen molar-refractivity contribution in [3.8, 4) is 0 Å². The van der Waals surface area contributed by atoms with Gasteiger partial charge in [0.1, 0.15) is 6.10 Å². The zero-order valence-corrected chi connectivity index (χ0v) is 9.86. The monoisotopic (exact) mass is 216 g/mol. The van der Waals surface area contributed by atoms with Gasteiger partial charge < -0.3 is 4.74 Å². The van der Waals surface area contributed by atoms with E-state index in [2.05, 4.69) is 0 Å². The lowest BCUT2D eigenvalue weighted by Crippen LogP contribution is -2.24. The minimum absolute atomic E-state index is 0.168. The Labute approximate surface area is 95.9 Å². The van der Waals surface area contributed by atoms with Crippen molar-refractivity contribution in [2.45, 2.75) is 26.9 Å². The van der Waals surface area contributed by atoms with E-state index in [0.717, 1.165) is 11.1 Å². The van der Waals surface area contributed by atoms with Crippen molar-refractivity contribution in [2.24, 2.45) is 5.41 Å². The average Bonchev–Trinajstić information content (AvgIpc) is 2.61. The molecule has 0 aromatic heterocycles. The van der Waals surface area contributed by atoms with Gasteiger partial charge in [-0.3, -0.25) is 4.79 Å². The minimum atomic E-state index is -0.453. The molecule has 0 spiro atoms.